The molecule has 0 fully saturated rings. The Morgan fingerprint density at radius 3 is 2.75 bits per heavy atom. The number of hydrogen-bond acceptors (Lipinski definition) is 3. The summed E-state index contributed by atoms with van der Waals surface area (Å²) in [5.41, 5.74) is -0.122. The molecule has 0 atom stereocenters. The van der Waals surface area contributed by atoms with Crippen LogP contribution in [-0.4, -0.2) is 16.6 Å². The SMILES string of the molecule is O=c1cn[nH]c2ccc(OC(F)(F)F)cc12. The molecule has 0 aliphatic carbocycles. The monoisotopic (exact) mass is 230 g/mol. The van der Waals surface area contributed by atoms with E-state index in [-0.39, 0.29) is 5.39 Å². The first kappa shape index (κ1) is 10.5. The van der Waals surface area contributed by atoms with Crippen molar-refractivity contribution in [3.05, 3.63) is 34.6 Å². The van der Waals surface area contributed by atoms with Gasteiger partial charge in [-0.1, -0.05) is 0 Å². The van der Waals surface area contributed by atoms with Gasteiger partial charge in [0.05, 0.1) is 17.1 Å². The maximum atomic E-state index is 11.9. The normalized spacial score (nSPS) is 11.7. The van der Waals surface area contributed by atoms with Crippen LogP contribution in [0.15, 0.2) is 29.2 Å². The van der Waals surface area contributed by atoms with Crippen LogP contribution in [0.4, 0.5) is 13.2 Å². The second-order valence-electron chi connectivity index (χ2n) is 2.99. The fourth-order valence-electron chi connectivity index (χ4n) is 1.25. The smallest absolute Gasteiger partial charge is 0.406 e. The molecule has 1 N–H and O–H groups in total. The Balaban J connectivity index is 2.52. The lowest BCUT2D eigenvalue weighted by Gasteiger charge is -2.08. The number of nitrogens with one attached hydrogen (secondary N) is 1. The number of ether oxygens (including phenoxy) is 1. The molecule has 0 saturated heterocycles. The van der Waals surface area contributed by atoms with Gasteiger partial charge in [0.25, 0.3) is 0 Å². The summed E-state index contributed by atoms with van der Waals surface area (Å²) in [6, 6.07) is 3.42. The molecule has 0 aliphatic heterocycles. The van der Waals surface area contributed by atoms with Crippen molar-refractivity contribution in [3.63, 3.8) is 0 Å². The van der Waals surface area contributed by atoms with Crippen LogP contribution in [0.1, 0.15) is 0 Å². The van der Waals surface area contributed by atoms with E-state index in [1.165, 1.54) is 6.07 Å². The molecule has 1 aromatic carbocycles. The second-order valence-corrected chi connectivity index (χ2v) is 2.99. The van der Waals surface area contributed by atoms with E-state index in [4.69, 9.17) is 0 Å². The minimum Gasteiger partial charge on any atom is -0.406 e. The molecule has 2 rings (SSSR count). The zero-order valence-corrected chi connectivity index (χ0v) is 7.71. The van der Waals surface area contributed by atoms with E-state index in [0.717, 1.165) is 18.3 Å². The fraction of sp³-hybridized carbons (Fsp3) is 0.111. The Bertz CT molecular complexity index is 577. The number of benzene rings is 1. The van der Waals surface area contributed by atoms with Crippen molar-refractivity contribution in [2.75, 3.05) is 0 Å². The minimum atomic E-state index is -4.77. The third-order valence-electron chi connectivity index (χ3n) is 1.86. The van der Waals surface area contributed by atoms with Crippen LogP contribution in [-0.2, 0) is 0 Å². The summed E-state index contributed by atoms with van der Waals surface area (Å²) in [5.74, 6) is -0.434. The summed E-state index contributed by atoms with van der Waals surface area (Å²) >= 11 is 0. The van der Waals surface area contributed by atoms with Gasteiger partial charge in [-0.25, -0.2) is 0 Å². The maximum Gasteiger partial charge on any atom is 0.573 e. The zero-order valence-electron chi connectivity index (χ0n) is 7.71. The molecule has 0 saturated carbocycles. The summed E-state index contributed by atoms with van der Waals surface area (Å²) in [4.78, 5) is 11.3. The van der Waals surface area contributed by atoms with Crippen molar-refractivity contribution in [1.82, 2.24) is 10.2 Å². The largest absolute Gasteiger partial charge is 0.573 e. The van der Waals surface area contributed by atoms with Crippen molar-refractivity contribution in [2.24, 2.45) is 0 Å². The van der Waals surface area contributed by atoms with Crippen LogP contribution < -0.4 is 10.2 Å². The highest BCUT2D eigenvalue weighted by molar-refractivity contribution is 5.79. The standard InChI is InChI=1S/C9H5F3N2O2/c10-9(11,12)16-5-1-2-7-6(3-5)8(15)4-13-14-7/h1-4H,(H,14,15). The first-order valence-electron chi connectivity index (χ1n) is 4.19. The number of fused-ring (bicyclic) bond motifs is 1. The minimum absolute atomic E-state index is 0.0942. The van der Waals surface area contributed by atoms with Gasteiger partial charge in [0.15, 0.2) is 0 Å². The Labute approximate surface area is 86.7 Å². The first-order chi connectivity index (χ1) is 7.46. The Kier molecular flexibility index (Phi) is 2.30. The second kappa shape index (κ2) is 3.51. The van der Waals surface area contributed by atoms with Gasteiger partial charge in [-0.15, -0.1) is 13.2 Å². The van der Waals surface area contributed by atoms with E-state index in [1.807, 2.05) is 0 Å². The highest BCUT2D eigenvalue weighted by Gasteiger charge is 2.31. The summed E-state index contributed by atoms with van der Waals surface area (Å²) in [6.07, 6.45) is -3.78. The average Bonchev–Trinajstić information content (AvgIpc) is 2.17. The van der Waals surface area contributed by atoms with Crippen LogP contribution in [0.3, 0.4) is 0 Å². The molecular formula is C9H5F3N2O2. The van der Waals surface area contributed by atoms with Gasteiger partial charge in [-0.2, -0.15) is 5.10 Å². The van der Waals surface area contributed by atoms with E-state index in [0.29, 0.717) is 5.52 Å². The fourth-order valence-corrected chi connectivity index (χ4v) is 1.25. The topological polar surface area (TPSA) is 55.0 Å². The van der Waals surface area contributed by atoms with Crippen molar-refractivity contribution in [1.29, 1.82) is 0 Å². The van der Waals surface area contributed by atoms with E-state index in [1.54, 1.807) is 0 Å². The molecule has 7 heteroatoms. The summed E-state index contributed by atoms with van der Waals surface area (Å²) in [6.45, 7) is 0. The number of aromatic nitrogens is 2. The van der Waals surface area contributed by atoms with Gasteiger partial charge < -0.3 is 4.74 Å². The number of aromatic amines is 1. The van der Waals surface area contributed by atoms with Crippen molar-refractivity contribution in [2.45, 2.75) is 6.36 Å². The summed E-state index contributed by atoms with van der Waals surface area (Å²) in [5, 5.41) is 6.11. The Hall–Kier alpha value is -2.05. The molecular weight excluding hydrogens is 225 g/mol. The average molecular weight is 230 g/mol. The quantitative estimate of drug-likeness (QED) is 0.812. The predicted octanol–water partition coefficient (Wildman–Crippen LogP) is 1.82. The Morgan fingerprint density at radius 2 is 2.06 bits per heavy atom. The summed E-state index contributed by atoms with van der Waals surface area (Å²) < 4.78 is 39.5. The number of halogens is 3. The van der Waals surface area contributed by atoms with Gasteiger partial charge in [-0.3, -0.25) is 9.89 Å². The number of rotatable bonds is 1. The lowest BCUT2D eigenvalue weighted by atomic mass is 10.2. The summed E-state index contributed by atoms with van der Waals surface area (Å²) in [7, 11) is 0. The Morgan fingerprint density at radius 1 is 1.31 bits per heavy atom. The van der Waals surface area contributed by atoms with Crippen LogP contribution in [0.5, 0.6) is 5.75 Å². The van der Waals surface area contributed by atoms with Crippen LogP contribution in [0.25, 0.3) is 10.9 Å². The van der Waals surface area contributed by atoms with Crippen molar-refractivity contribution >= 4 is 10.9 Å². The molecule has 2 aromatic rings. The highest BCUT2D eigenvalue weighted by atomic mass is 19.4. The molecule has 0 bridgehead atoms. The van der Waals surface area contributed by atoms with Gasteiger partial charge in [0, 0.05) is 0 Å². The molecule has 4 nitrogen and oxygen atoms in total. The molecule has 0 amide bonds. The molecule has 84 valence electrons. The van der Waals surface area contributed by atoms with Gasteiger partial charge in [0.1, 0.15) is 5.75 Å². The van der Waals surface area contributed by atoms with E-state index in [9.17, 15) is 18.0 Å². The number of hydrogen-bond donors (Lipinski definition) is 1. The van der Waals surface area contributed by atoms with Gasteiger partial charge >= 0.3 is 6.36 Å². The molecule has 1 aromatic heterocycles. The lowest BCUT2D eigenvalue weighted by Crippen LogP contribution is -2.17. The van der Waals surface area contributed by atoms with Gasteiger partial charge in [0.2, 0.25) is 5.43 Å². The molecule has 0 aliphatic rings. The van der Waals surface area contributed by atoms with Crippen LogP contribution in [0.2, 0.25) is 0 Å². The third kappa shape index (κ3) is 2.13. The molecule has 0 spiro atoms. The molecule has 0 unspecified atom stereocenters. The van der Waals surface area contributed by atoms with Crippen LogP contribution >= 0.6 is 0 Å². The number of H-pyrrole nitrogens is 1. The lowest BCUT2D eigenvalue weighted by molar-refractivity contribution is -0.274. The highest BCUT2D eigenvalue weighted by Crippen LogP contribution is 2.24. The predicted molar refractivity (Wildman–Crippen MR) is 49.0 cm³/mol. The van der Waals surface area contributed by atoms with Gasteiger partial charge in [-0.05, 0) is 18.2 Å². The van der Waals surface area contributed by atoms with Crippen molar-refractivity contribution in [3.8, 4) is 5.75 Å². The van der Waals surface area contributed by atoms with Crippen molar-refractivity contribution < 1.29 is 17.9 Å². The maximum absolute atomic E-state index is 11.9. The van der Waals surface area contributed by atoms with E-state index in [2.05, 4.69) is 14.9 Å². The molecule has 1 heterocycles. The van der Waals surface area contributed by atoms with Crippen LogP contribution in [0, 0.1) is 0 Å². The zero-order chi connectivity index (χ0) is 11.8. The molecule has 16 heavy (non-hydrogen) atoms. The first-order valence-corrected chi connectivity index (χ1v) is 4.19. The van der Waals surface area contributed by atoms with E-state index < -0.39 is 17.5 Å². The number of nitrogens with zero attached hydrogens (tertiary/aromatic N) is 1. The van der Waals surface area contributed by atoms with E-state index >= 15 is 0 Å². The number of alkyl halides is 3. The molecule has 0 radical (unpaired) electrons. The third-order valence-corrected chi connectivity index (χ3v) is 1.86.